The Morgan fingerprint density at radius 3 is 2.00 bits per heavy atom. The van der Waals surface area contributed by atoms with Crippen molar-refractivity contribution >= 4 is 0 Å². The van der Waals surface area contributed by atoms with Gasteiger partial charge < -0.3 is 0 Å². The summed E-state index contributed by atoms with van der Waals surface area (Å²) < 4.78 is 0. The van der Waals surface area contributed by atoms with Gasteiger partial charge in [0.15, 0.2) is 0 Å². The summed E-state index contributed by atoms with van der Waals surface area (Å²) in [5.74, 6) is 0.384. The van der Waals surface area contributed by atoms with Crippen LogP contribution in [0, 0.1) is 29.6 Å². The molecule has 0 aliphatic rings. The van der Waals surface area contributed by atoms with Gasteiger partial charge >= 0.3 is 0 Å². The average Bonchev–Trinajstić information content (AvgIpc) is 2.16. The fourth-order valence-corrected chi connectivity index (χ4v) is 1.53. The normalized spacial score (nSPS) is 9.57. The molecule has 0 aliphatic carbocycles. The van der Waals surface area contributed by atoms with Crippen LogP contribution in [0.3, 0.4) is 0 Å². The van der Waals surface area contributed by atoms with Crippen LogP contribution in [0.25, 0.3) is 0 Å². The summed E-state index contributed by atoms with van der Waals surface area (Å²) in [7, 11) is 0. The largest absolute Gasteiger partial charge is 0.192 e. The molecule has 0 saturated carbocycles. The number of benzene rings is 1. The molecule has 0 amide bonds. The van der Waals surface area contributed by atoms with E-state index < -0.39 is 0 Å². The molecule has 0 saturated heterocycles. The van der Waals surface area contributed by atoms with E-state index in [4.69, 9.17) is 10.5 Å². The monoisotopic (exact) mass is 184 g/mol. The summed E-state index contributed by atoms with van der Waals surface area (Å²) in [6, 6.07) is 7.68. The van der Waals surface area contributed by atoms with E-state index in [-0.39, 0.29) is 0 Å². The third-order valence-electron chi connectivity index (χ3n) is 2.27. The lowest BCUT2D eigenvalue weighted by atomic mass is 9.93. The Bertz CT molecular complexity index is 431. The van der Waals surface area contributed by atoms with Gasteiger partial charge in [-0.05, 0) is 36.1 Å². The molecular weight excluding hydrogens is 172 g/mol. The number of nitrogens with zero attached hydrogens (tertiary/aromatic N) is 2. The highest BCUT2D eigenvalue weighted by Gasteiger charge is 2.08. The molecule has 0 fully saturated rings. The topological polar surface area (TPSA) is 47.6 Å². The van der Waals surface area contributed by atoms with Crippen molar-refractivity contribution in [1.82, 2.24) is 0 Å². The van der Waals surface area contributed by atoms with Crippen LogP contribution >= 0.6 is 0 Å². The van der Waals surface area contributed by atoms with Crippen LogP contribution in [-0.2, 0) is 0 Å². The summed E-state index contributed by atoms with van der Waals surface area (Å²) in [5.41, 5.74) is 3.16. The smallest absolute Gasteiger partial charge is 0.101 e. The van der Waals surface area contributed by atoms with Crippen LogP contribution < -0.4 is 0 Å². The number of aryl methyl sites for hydroxylation is 1. The van der Waals surface area contributed by atoms with Crippen molar-refractivity contribution in [2.45, 2.75) is 26.7 Å². The maximum Gasteiger partial charge on any atom is 0.101 e. The van der Waals surface area contributed by atoms with E-state index in [1.54, 1.807) is 6.07 Å². The quantitative estimate of drug-likeness (QED) is 0.673. The van der Waals surface area contributed by atoms with Gasteiger partial charge in [0.1, 0.15) is 12.1 Å². The predicted octanol–water partition coefficient (Wildman–Crippen LogP) is 2.86. The Hall–Kier alpha value is -1.80. The Kier molecular flexibility index (Phi) is 2.89. The van der Waals surface area contributed by atoms with Crippen LogP contribution in [-0.4, -0.2) is 0 Å². The molecule has 0 heterocycles. The standard InChI is InChI=1S/C12H12N2/c1-8(2)12-5-11(7-14)10(6-13)4-9(12)3/h4-5,8H,1-3H3. The minimum absolute atomic E-state index is 0.384. The second-order valence-corrected chi connectivity index (χ2v) is 3.63. The fraction of sp³-hybridized carbons (Fsp3) is 0.333. The van der Waals surface area contributed by atoms with Crippen molar-refractivity contribution in [3.05, 3.63) is 34.4 Å². The van der Waals surface area contributed by atoms with Crippen molar-refractivity contribution in [3.63, 3.8) is 0 Å². The van der Waals surface area contributed by atoms with Crippen molar-refractivity contribution in [3.8, 4) is 12.1 Å². The van der Waals surface area contributed by atoms with Gasteiger partial charge in [-0.1, -0.05) is 13.8 Å². The molecule has 0 unspecified atom stereocenters. The molecule has 0 spiro atoms. The first-order valence-electron chi connectivity index (χ1n) is 4.55. The van der Waals surface area contributed by atoms with E-state index in [0.29, 0.717) is 17.0 Å². The Morgan fingerprint density at radius 1 is 1.07 bits per heavy atom. The van der Waals surface area contributed by atoms with E-state index in [1.807, 2.05) is 25.1 Å². The van der Waals surface area contributed by atoms with Crippen molar-refractivity contribution in [1.29, 1.82) is 10.5 Å². The van der Waals surface area contributed by atoms with Gasteiger partial charge in [-0.15, -0.1) is 0 Å². The van der Waals surface area contributed by atoms with Crippen LogP contribution in [0.15, 0.2) is 12.1 Å². The van der Waals surface area contributed by atoms with Crippen LogP contribution in [0.1, 0.15) is 42.0 Å². The number of nitriles is 2. The average molecular weight is 184 g/mol. The van der Waals surface area contributed by atoms with Crippen molar-refractivity contribution in [2.75, 3.05) is 0 Å². The number of hydrogen-bond acceptors (Lipinski definition) is 2. The number of rotatable bonds is 1. The van der Waals surface area contributed by atoms with Crippen molar-refractivity contribution < 1.29 is 0 Å². The van der Waals surface area contributed by atoms with E-state index in [9.17, 15) is 0 Å². The van der Waals surface area contributed by atoms with Gasteiger partial charge in [0.2, 0.25) is 0 Å². The summed E-state index contributed by atoms with van der Waals surface area (Å²) in [6.45, 7) is 6.13. The Morgan fingerprint density at radius 2 is 1.57 bits per heavy atom. The van der Waals surface area contributed by atoms with Crippen LogP contribution in [0.5, 0.6) is 0 Å². The summed E-state index contributed by atoms with van der Waals surface area (Å²) in [5, 5.41) is 17.6. The third-order valence-corrected chi connectivity index (χ3v) is 2.27. The molecule has 70 valence electrons. The third kappa shape index (κ3) is 1.75. The molecule has 0 aliphatic heterocycles. The zero-order valence-corrected chi connectivity index (χ0v) is 8.63. The lowest BCUT2D eigenvalue weighted by Gasteiger charge is -2.10. The maximum absolute atomic E-state index is 8.85. The molecule has 0 N–H and O–H groups in total. The Labute approximate surface area is 84.4 Å². The molecule has 2 nitrogen and oxygen atoms in total. The maximum atomic E-state index is 8.85. The second-order valence-electron chi connectivity index (χ2n) is 3.63. The van der Waals surface area contributed by atoms with Crippen LogP contribution in [0.2, 0.25) is 0 Å². The first-order valence-corrected chi connectivity index (χ1v) is 4.55. The highest BCUT2D eigenvalue weighted by atomic mass is 14.3. The molecule has 1 aromatic carbocycles. The second kappa shape index (κ2) is 3.94. The lowest BCUT2D eigenvalue weighted by molar-refractivity contribution is 0.855. The van der Waals surface area contributed by atoms with Crippen molar-refractivity contribution in [2.24, 2.45) is 0 Å². The summed E-state index contributed by atoms with van der Waals surface area (Å²) in [4.78, 5) is 0. The summed E-state index contributed by atoms with van der Waals surface area (Å²) in [6.07, 6.45) is 0. The van der Waals surface area contributed by atoms with Gasteiger partial charge in [0.05, 0.1) is 11.1 Å². The van der Waals surface area contributed by atoms with Gasteiger partial charge in [0, 0.05) is 0 Å². The minimum atomic E-state index is 0.384. The molecule has 1 aromatic rings. The van der Waals surface area contributed by atoms with E-state index in [1.165, 1.54) is 0 Å². The summed E-state index contributed by atoms with van der Waals surface area (Å²) >= 11 is 0. The van der Waals surface area contributed by atoms with E-state index >= 15 is 0 Å². The van der Waals surface area contributed by atoms with Gasteiger partial charge in [-0.3, -0.25) is 0 Å². The predicted molar refractivity (Wildman–Crippen MR) is 54.7 cm³/mol. The molecule has 2 heteroatoms. The number of hydrogen-bond donors (Lipinski definition) is 0. The fourth-order valence-electron chi connectivity index (χ4n) is 1.53. The van der Waals surface area contributed by atoms with Gasteiger partial charge in [0.25, 0.3) is 0 Å². The Balaban J connectivity index is 3.42. The van der Waals surface area contributed by atoms with E-state index in [2.05, 4.69) is 13.8 Å². The SMILES string of the molecule is Cc1cc(C#N)c(C#N)cc1C(C)C. The highest BCUT2D eigenvalue weighted by molar-refractivity contribution is 5.50. The molecular formula is C12H12N2. The lowest BCUT2D eigenvalue weighted by Crippen LogP contribution is -1.95. The van der Waals surface area contributed by atoms with Gasteiger partial charge in [-0.2, -0.15) is 10.5 Å². The van der Waals surface area contributed by atoms with Crippen LogP contribution in [0.4, 0.5) is 0 Å². The molecule has 0 aromatic heterocycles. The highest BCUT2D eigenvalue weighted by Crippen LogP contribution is 2.22. The zero-order valence-electron chi connectivity index (χ0n) is 8.63. The minimum Gasteiger partial charge on any atom is -0.192 e. The molecule has 14 heavy (non-hydrogen) atoms. The zero-order chi connectivity index (χ0) is 10.7. The van der Waals surface area contributed by atoms with Gasteiger partial charge in [-0.25, -0.2) is 0 Å². The molecule has 0 atom stereocenters. The first-order chi connectivity index (χ1) is 6.60. The molecule has 0 radical (unpaired) electrons. The van der Waals surface area contributed by atoms with E-state index in [0.717, 1.165) is 11.1 Å². The molecule has 1 rings (SSSR count). The molecule has 0 bridgehead atoms. The first kappa shape index (κ1) is 10.3.